The Labute approximate surface area is 161 Å². The van der Waals surface area contributed by atoms with Crippen LogP contribution < -0.4 is 5.48 Å². The Bertz CT molecular complexity index is 778. The second-order valence-corrected chi connectivity index (χ2v) is 6.85. The number of carbonyl (C=O) groups excluding carboxylic acids is 1. The summed E-state index contributed by atoms with van der Waals surface area (Å²) in [7, 11) is 2.00. The highest BCUT2D eigenvalue weighted by atomic mass is 16.5. The highest BCUT2D eigenvalue weighted by Gasteiger charge is 2.12. The zero-order valence-electron chi connectivity index (χ0n) is 16.7. The fourth-order valence-corrected chi connectivity index (χ4v) is 3.24. The molecule has 0 bridgehead atoms. The average Bonchev–Trinajstić information content (AvgIpc) is 2.90. The summed E-state index contributed by atoms with van der Waals surface area (Å²) in [6, 6.07) is 8.13. The summed E-state index contributed by atoms with van der Waals surface area (Å²) < 4.78 is 1.96. The van der Waals surface area contributed by atoms with Crippen molar-refractivity contribution in [2.24, 2.45) is 7.05 Å². The van der Waals surface area contributed by atoms with Crippen molar-refractivity contribution in [3.8, 4) is 0 Å². The zero-order valence-corrected chi connectivity index (χ0v) is 16.7. The standard InChI is InChI=1S/C21H30N4O2/c1-5-13-25(14-12-20-16(2)22-24(4)17(20)3)15-19-8-6-18(7-9-19)10-11-21(26)23-27/h6-11,27H,5,12-15H2,1-4H3,(H,23,26)/b11-10+. The van der Waals surface area contributed by atoms with E-state index in [1.165, 1.54) is 22.9 Å². The van der Waals surface area contributed by atoms with Gasteiger partial charge in [-0.1, -0.05) is 31.2 Å². The Morgan fingerprint density at radius 2 is 1.96 bits per heavy atom. The van der Waals surface area contributed by atoms with E-state index < -0.39 is 5.91 Å². The van der Waals surface area contributed by atoms with Crippen LogP contribution in [0.15, 0.2) is 30.3 Å². The zero-order chi connectivity index (χ0) is 19.8. The minimum atomic E-state index is -0.533. The number of hydrogen-bond donors (Lipinski definition) is 2. The lowest BCUT2D eigenvalue weighted by Crippen LogP contribution is -2.26. The van der Waals surface area contributed by atoms with Gasteiger partial charge < -0.3 is 0 Å². The van der Waals surface area contributed by atoms with E-state index in [2.05, 4.69) is 42.9 Å². The molecule has 1 aromatic heterocycles. The normalized spacial score (nSPS) is 11.5. The first kappa shape index (κ1) is 20.9. The highest BCUT2D eigenvalue weighted by molar-refractivity contribution is 5.90. The molecule has 0 aliphatic rings. The van der Waals surface area contributed by atoms with E-state index in [0.717, 1.165) is 43.7 Å². The molecular formula is C21H30N4O2. The summed E-state index contributed by atoms with van der Waals surface area (Å²) in [6.07, 6.45) is 5.09. The molecule has 2 N–H and O–H groups in total. The largest absolute Gasteiger partial charge is 0.299 e. The molecule has 0 unspecified atom stereocenters. The first-order valence-electron chi connectivity index (χ1n) is 9.37. The maximum Gasteiger partial charge on any atom is 0.267 e. The summed E-state index contributed by atoms with van der Waals surface area (Å²) in [4.78, 5) is 13.5. The van der Waals surface area contributed by atoms with Gasteiger partial charge in [-0.15, -0.1) is 0 Å². The third-order valence-corrected chi connectivity index (χ3v) is 4.80. The van der Waals surface area contributed by atoms with E-state index in [1.807, 2.05) is 23.9 Å². The Hall–Kier alpha value is -2.44. The molecule has 27 heavy (non-hydrogen) atoms. The molecule has 0 saturated carbocycles. The maximum absolute atomic E-state index is 11.0. The molecule has 2 rings (SSSR count). The molecule has 0 aliphatic heterocycles. The summed E-state index contributed by atoms with van der Waals surface area (Å²) >= 11 is 0. The van der Waals surface area contributed by atoms with Crippen LogP contribution in [0, 0.1) is 13.8 Å². The van der Waals surface area contributed by atoms with Crippen molar-refractivity contribution in [1.29, 1.82) is 0 Å². The predicted octanol–water partition coefficient (Wildman–Crippen LogP) is 3.01. The van der Waals surface area contributed by atoms with Crippen molar-refractivity contribution in [2.75, 3.05) is 13.1 Å². The molecule has 146 valence electrons. The molecular weight excluding hydrogens is 340 g/mol. The first-order valence-corrected chi connectivity index (χ1v) is 9.37. The molecule has 6 heteroatoms. The third-order valence-electron chi connectivity index (χ3n) is 4.80. The van der Waals surface area contributed by atoms with Crippen molar-refractivity contribution >= 4 is 12.0 Å². The van der Waals surface area contributed by atoms with Crippen LogP contribution in [0.3, 0.4) is 0 Å². The van der Waals surface area contributed by atoms with Gasteiger partial charge in [0.1, 0.15) is 0 Å². The number of benzene rings is 1. The van der Waals surface area contributed by atoms with Crippen LogP contribution in [0.2, 0.25) is 0 Å². The third kappa shape index (κ3) is 6.05. The molecule has 1 aromatic carbocycles. The second kappa shape index (κ2) is 10.0. The number of hydrogen-bond acceptors (Lipinski definition) is 4. The van der Waals surface area contributed by atoms with Gasteiger partial charge in [-0.25, -0.2) is 5.48 Å². The lowest BCUT2D eigenvalue weighted by molar-refractivity contribution is -0.124. The molecule has 0 aliphatic carbocycles. The fourth-order valence-electron chi connectivity index (χ4n) is 3.24. The predicted molar refractivity (Wildman–Crippen MR) is 107 cm³/mol. The Balaban J connectivity index is 1.98. The van der Waals surface area contributed by atoms with Gasteiger partial charge in [-0.2, -0.15) is 5.10 Å². The summed E-state index contributed by atoms with van der Waals surface area (Å²) in [5.41, 5.74) is 7.46. The van der Waals surface area contributed by atoms with Crippen molar-refractivity contribution in [3.63, 3.8) is 0 Å². The number of aromatic nitrogens is 2. The fraction of sp³-hybridized carbons (Fsp3) is 0.429. The van der Waals surface area contributed by atoms with Crippen LogP contribution in [0.5, 0.6) is 0 Å². The molecule has 6 nitrogen and oxygen atoms in total. The molecule has 2 aromatic rings. The number of nitrogens with zero attached hydrogens (tertiary/aromatic N) is 3. The van der Waals surface area contributed by atoms with Gasteiger partial charge in [0.05, 0.1) is 5.69 Å². The number of carbonyl (C=O) groups is 1. The van der Waals surface area contributed by atoms with Gasteiger partial charge in [0.2, 0.25) is 0 Å². The highest BCUT2D eigenvalue weighted by Crippen LogP contribution is 2.15. The van der Waals surface area contributed by atoms with Crippen molar-refractivity contribution in [2.45, 2.75) is 40.2 Å². The van der Waals surface area contributed by atoms with Crippen LogP contribution in [0.25, 0.3) is 6.08 Å². The lowest BCUT2D eigenvalue weighted by atomic mass is 10.1. The number of nitrogens with one attached hydrogen (secondary N) is 1. The lowest BCUT2D eigenvalue weighted by Gasteiger charge is -2.22. The monoisotopic (exact) mass is 370 g/mol. The van der Waals surface area contributed by atoms with E-state index in [0.29, 0.717) is 0 Å². The van der Waals surface area contributed by atoms with Gasteiger partial charge in [0, 0.05) is 31.9 Å². The van der Waals surface area contributed by atoms with E-state index in [1.54, 1.807) is 11.6 Å². The van der Waals surface area contributed by atoms with E-state index >= 15 is 0 Å². The number of rotatable bonds is 9. The van der Waals surface area contributed by atoms with E-state index in [4.69, 9.17) is 5.21 Å². The number of amides is 1. The van der Waals surface area contributed by atoms with Crippen LogP contribution in [0.4, 0.5) is 0 Å². The van der Waals surface area contributed by atoms with E-state index in [9.17, 15) is 4.79 Å². The Morgan fingerprint density at radius 1 is 1.26 bits per heavy atom. The smallest absolute Gasteiger partial charge is 0.267 e. The van der Waals surface area contributed by atoms with Crippen molar-refractivity contribution < 1.29 is 10.0 Å². The van der Waals surface area contributed by atoms with Crippen LogP contribution >= 0.6 is 0 Å². The molecule has 0 fully saturated rings. The molecule has 0 atom stereocenters. The van der Waals surface area contributed by atoms with Crippen LogP contribution in [-0.4, -0.2) is 38.9 Å². The van der Waals surface area contributed by atoms with Crippen LogP contribution in [-0.2, 0) is 24.8 Å². The van der Waals surface area contributed by atoms with Gasteiger partial charge in [0.15, 0.2) is 0 Å². The molecule has 1 heterocycles. The second-order valence-electron chi connectivity index (χ2n) is 6.85. The summed E-state index contributed by atoms with van der Waals surface area (Å²) in [5, 5.41) is 13.0. The van der Waals surface area contributed by atoms with E-state index in [-0.39, 0.29) is 0 Å². The minimum absolute atomic E-state index is 0.533. The quantitative estimate of drug-likeness (QED) is 0.404. The van der Waals surface area contributed by atoms with Gasteiger partial charge in [-0.05, 0) is 56.0 Å². The maximum atomic E-state index is 11.0. The van der Waals surface area contributed by atoms with Gasteiger partial charge >= 0.3 is 0 Å². The van der Waals surface area contributed by atoms with Gasteiger partial charge in [0.25, 0.3) is 5.91 Å². The first-order chi connectivity index (χ1) is 12.9. The van der Waals surface area contributed by atoms with Crippen molar-refractivity contribution in [3.05, 3.63) is 58.4 Å². The van der Waals surface area contributed by atoms with Crippen molar-refractivity contribution in [1.82, 2.24) is 20.2 Å². The average molecular weight is 370 g/mol. The SMILES string of the molecule is CCCN(CCc1c(C)nn(C)c1C)Cc1ccc(/C=C/C(=O)NO)cc1. The molecule has 1 amide bonds. The molecule has 0 radical (unpaired) electrons. The topological polar surface area (TPSA) is 70.4 Å². The Morgan fingerprint density at radius 3 is 2.52 bits per heavy atom. The number of aryl methyl sites for hydroxylation is 2. The molecule has 0 spiro atoms. The van der Waals surface area contributed by atoms with Crippen LogP contribution in [0.1, 0.15) is 41.4 Å². The summed E-state index contributed by atoms with van der Waals surface area (Å²) in [6.45, 7) is 9.36. The minimum Gasteiger partial charge on any atom is -0.299 e. The Kier molecular flexibility index (Phi) is 7.76. The summed E-state index contributed by atoms with van der Waals surface area (Å²) in [5.74, 6) is -0.533. The molecule has 0 saturated heterocycles. The number of hydroxylamine groups is 1. The van der Waals surface area contributed by atoms with Gasteiger partial charge in [-0.3, -0.25) is 19.6 Å².